The number of carbonyl (C=O) groups excluding carboxylic acids is 2. The lowest BCUT2D eigenvalue weighted by Crippen LogP contribution is -2.45. The molecule has 2 N–H and O–H groups in total. The molecule has 4 nitrogen and oxygen atoms in total. The molecule has 0 atom stereocenters. The molecule has 0 aliphatic heterocycles. The van der Waals surface area contributed by atoms with Crippen molar-refractivity contribution in [1.82, 2.24) is 5.32 Å². The van der Waals surface area contributed by atoms with Crippen molar-refractivity contribution in [3.05, 3.63) is 29.3 Å². The molecule has 2 amide bonds. The molecule has 1 aromatic carbocycles. The van der Waals surface area contributed by atoms with Gasteiger partial charge in [0.25, 0.3) is 0 Å². The smallest absolute Gasteiger partial charge is 0.239 e. The van der Waals surface area contributed by atoms with Gasteiger partial charge in [0.05, 0.1) is 0 Å². The zero-order chi connectivity index (χ0) is 16.0. The van der Waals surface area contributed by atoms with Crippen LogP contribution in [0.15, 0.2) is 24.3 Å². The van der Waals surface area contributed by atoms with Gasteiger partial charge in [-0.2, -0.15) is 0 Å². The number of rotatable bonds is 6. The zero-order valence-electron chi connectivity index (χ0n) is 13.0. The lowest BCUT2D eigenvalue weighted by Gasteiger charge is -2.23. The normalized spacial score (nSPS) is 11.3. The molecule has 1 aromatic rings. The molecule has 0 aromatic heterocycles. The van der Waals surface area contributed by atoms with Crippen LogP contribution in [-0.2, 0) is 9.59 Å². The largest absolute Gasteiger partial charge is 0.355 e. The van der Waals surface area contributed by atoms with Gasteiger partial charge in [0, 0.05) is 17.3 Å². The summed E-state index contributed by atoms with van der Waals surface area (Å²) < 4.78 is 0. The fraction of sp³-hybridized carbons (Fsp3) is 0.500. The van der Waals surface area contributed by atoms with E-state index in [0.29, 0.717) is 23.2 Å². The first-order chi connectivity index (χ1) is 9.73. The number of amides is 2. The standard InChI is InChI=1S/C16H23ClN2O2/c1-11(2)8-9-18-14(20)16(3,4)15(21)19-13-7-5-6-12(17)10-13/h5-7,10-11H,8-9H2,1-4H3,(H,18,20)(H,19,21). The van der Waals surface area contributed by atoms with Crippen LogP contribution in [0.1, 0.15) is 34.1 Å². The van der Waals surface area contributed by atoms with E-state index in [4.69, 9.17) is 11.6 Å². The second-order valence-electron chi connectivity index (χ2n) is 6.03. The maximum absolute atomic E-state index is 12.3. The third-order valence-corrected chi connectivity index (χ3v) is 3.46. The molecule has 0 heterocycles. The topological polar surface area (TPSA) is 58.2 Å². The summed E-state index contributed by atoms with van der Waals surface area (Å²) >= 11 is 5.87. The Morgan fingerprint density at radius 2 is 1.90 bits per heavy atom. The van der Waals surface area contributed by atoms with Gasteiger partial charge < -0.3 is 10.6 Å². The van der Waals surface area contributed by atoms with Crippen LogP contribution in [0.2, 0.25) is 5.02 Å². The molecular formula is C16H23ClN2O2. The maximum atomic E-state index is 12.3. The highest BCUT2D eigenvalue weighted by Crippen LogP contribution is 2.21. The van der Waals surface area contributed by atoms with Crippen LogP contribution in [0.25, 0.3) is 0 Å². The predicted molar refractivity (Wildman–Crippen MR) is 86.3 cm³/mol. The molecule has 0 spiro atoms. The van der Waals surface area contributed by atoms with Crippen molar-refractivity contribution in [2.24, 2.45) is 11.3 Å². The second kappa shape index (κ2) is 7.46. The second-order valence-corrected chi connectivity index (χ2v) is 6.46. The van der Waals surface area contributed by atoms with Gasteiger partial charge in [-0.3, -0.25) is 9.59 Å². The fourth-order valence-corrected chi connectivity index (χ4v) is 1.84. The highest BCUT2D eigenvalue weighted by Gasteiger charge is 2.35. The van der Waals surface area contributed by atoms with E-state index in [1.807, 2.05) is 0 Å². The van der Waals surface area contributed by atoms with E-state index >= 15 is 0 Å². The van der Waals surface area contributed by atoms with Crippen LogP contribution >= 0.6 is 11.6 Å². The van der Waals surface area contributed by atoms with Gasteiger partial charge in [-0.15, -0.1) is 0 Å². The molecule has 0 saturated carbocycles. The summed E-state index contributed by atoms with van der Waals surface area (Å²) in [5.41, 5.74) is -0.560. The summed E-state index contributed by atoms with van der Waals surface area (Å²) in [5, 5.41) is 6.06. The van der Waals surface area contributed by atoms with Gasteiger partial charge in [-0.05, 0) is 44.4 Å². The van der Waals surface area contributed by atoms with Gasteiger partial charge >= 0.3 is 0 Å². The molecule has 5 heteroatoms. The molecule has 0 saturated heterocycles. The lowest BCUT2D eigenvalue weighted by atomic mass is 9.90. The Balaban J connectivity index is 2.63. The van der Waals surface area contributed by atoms with Crippen molar-refractivity contribution in [1.29, 1.82) is 0 Å². The summed E-state index contributed by atoms with van der Waals surface area (Å²) in [6.07, 6.45) is 0.887. The van der Waals surface area contributed by atoms with Crippen molar-refractivity contribution in [2.45, 2.75) is 34.1 Å². The maximum Gasteiger partial charge on any atom is 0.239 e. The Morgan fingerprint density at radius 3 is 2.48 bits per heavy atom. The van der Waals surface area contributed by atoms with Crippen LogP contribution in [0, 0.1) is 11.3 Å². The molecular weight excluding hydrogens is 288 g/mol. The number of hydrogen-bond acceptors (Lipinski definition) is 2. The molecule has 21 heavy (non-hydrogen) atoms. The summed E-state index contributed by atoms with van der Waals surface area (Å²) in [7, 11) is 0. The molecule has 0 unspecified atom stereocenters. The van der Waals surface area contributed by atoms with Gasteiger partial charge in [0.1, 0.15) is 5.41 Å². The highest BCUT2D eigenvalue weighted by atomic mass is 35.5. The quantitative estimate of drug-likeness (QED) is 0.790. The van der Waals surface area contributed by atoms with Gasteiger partial charge in [0.15, 0.2) is 0 Å². The Hall–Kier alpha value is -1.55. The summed E-state index contributed by atoms with van der Waals surface area (Å²) in [6, 6.07) is 6.84. The van der Waals surface area contributed by atoms with Crippen LogP contribution in [0.3, 0.4) is 0 Å². The predicted octanol–water partition coefficient (Wildman–Crippen LogP) is 3.47. The van der Waals surface area contributed by atoms with Crippen LogP contribution in [0.4, 0.5) is 5.69 Å². The number of hydrogen-bond donors (Lipinski definition) is 2. The summed E-state index contributed by atoms with van der Waals surface area (Å²) in [4.78, 5) is 24.4. The van der Waals surface area contributed by atoms with Crippen molar-refractivity contribution < 1.29 is 9.59 Å². The molecule has 0 fully saturated rings. The van der Waals surface area contributed by atoms with Gasteiger partial charge in [-0.25, -0.2) is 0 Å². The minimum absolute atomic E-state index is 0.275. The van der Waals surface area contributed by atoms with Gasteiger partial charge in [-0.1, -0.05) is 31.5 Å². The van der Waals surface area contributed by atoms with Gasteiger partial charge in [0.2, 0.25) is 11.8 Å². The fourth-order valence-electron chi connectivity index (χ4n) is 1.65. The molecule has 0 aliphatic carbocycles. The van der Waals surface area contributed by atoms with Crippen molar-refractivity contribution in [2.75, 3.05) is 11.9 Å². The number of halogens is 1. The first-order valence-corrected chi connectivity index (χ1v) is 7.46. The Morgan fingerprint density at radius 1 is 1.24 bits per heavy atom. The summed E-state index contributed by atoms with van der Waals surface area (Å²) in [6.45, 7) is 7.96. The van der Waals surface area contributed by atoms with E-state index in [9.17, 15) is 9.59 Å². The molecule has 1 rings (SSSR count). The van der Waals surface area contributed by atoms with Crippen LogP contribution in [0.5, 0.6) is 0 Å². The van der Waals surface area contributed by atoms with E-state index in [2.05, 4.69) is 24.5 Å². The van der Waals surface area contributed by atoms with Crippen molar-refractivity contribution in [3.63, 3.8) is 0 Å². The lowest BCUT2D eigenvalue weighted by molar-refractivity contribution is -0.138. The molecule has 0 bridgehead atoms. The number of nitrogens with one attached hydrogen (secondary N) is 2. The molecule has 116 valence electrons. The number of benzene rings is 1. The van der Waals surface area contributed by atoms with Crippen LogP contribution in [-0.4, -0.2) is 18.4 Å². The summed E-state index contributed by atoms with van der Waals surface area (Å²) in [5.74, 6) is -0.122. The monoisotopic (exact) mass is 310 g/mol. The zero-order valence-corrected chi connectivity index (χ0v) is 13.8. The minimum Gasteiger partial charge on any atom is -0.355 e. The number of anilines is 1. The van der Waals surface area contributed by atoms with Crippen molar-refractivity contribution >= 4 is 29.1 Å². The average molecular weight is 311 g/mol. The van der Waals surface area contributed by atoms with E-state index in [1.165, 1.54) is 0 Å². The first kappa shape index (κ1) is 17.5. The molecule has 0 aliphatic rings. The van der Waals surface area contributed by atoms with E-state index in [1.54, 1.807) is 38.1 Å². The van der Waals surface area contributed by atoms with Crippen LogP contribution < -0.4 is 10.6 Å². The first-order valence-electron chi connectivity index (χ1n) is 7.09. The average Bonchev–Trinajstić information content (AvgIpc) is 2.37. The van der Waals surface area contributed by atoms with Crippen molar-refractivity contribution in [3.8, 4) is 0 Å². The highest BCUT2D eigenvalue weighted by molar-refractivity contribution is 6.31. The Kier molecular flexibility index (Phi) is 6.21. The molecule has 0 radical (unpaired) electrons. The van der Waals surface area contributed by atoms with E-state index in [0.717, 1.165) is 6.42 Å². The van der Waals surface area contributed by atoms with E-state index in [-0.39, 0.29) is 11.8 Å². The SMILES string of the molecule is CC(C)CCNC(=O)C(C)(C)C(=O)Nc1cccc(Cl)c1. The Labute approximate surface area is 131 Å². The third kappa shape index (κ3) is 5.38. The third-order valence-electron chi connectivity index (χ3n) is 3.23. The Bertz CT molecular complexity index is 513. The number of carbonyl (C=O) groups is 2. The van der Waals surface area contributed by atoms with E-state index < -0.39 is 5.41 Å². The minimum atomic E-state index is -1.14.